The van der Waals surface area contributed by atoms with Gasteiger partial charge in [0.05, 0.1) is 17.1 Å². The molecular formula is C34H22N2. The van der Waals surface area contributed by atoms with Gasteiger partial charge in [0.1, 0.15) is 0 Å². The molecule has 0 unspecified atom stereocenters. The van der Waals surface area contributed by atoms with Crippen LogP contribution in [0.4, 0.5) is 17.1 Å². The minimum Gasteiger partial charge on any atom is -0.309 e. The normalized spacial score (nSPS) is 12.5. The average Bonchev–Trinajstić information content (AvgIpc) is 2.93. The first-order valence-corrected chi connectivity index (χ1v) is 12.4. The van der Waals surface area contributed by atoms with Gasteiger partial charge in [-0.3, -0.25) is 4.98 Å². The first-order valence-electron chi connectivity index (χ1n) is 12.4. The highest BCUT2D eigenvalue weighted by atomic mass is 15.2. The Morgan fingerprint density at radius 1 is 0.556 bits per heavy atom. The number of pyridine rings is 1. The van der Waals surface area contributed by atoms with Crippen molar-refractivity contribution in [3.63, 3.8) is 0 Å². The summed E-state index contributed by atoms with van der Waals surface area (Å²) in [5, 5.41) is 10.0. The maximum Gasteiger partial charge on any atom is 0.0822 e. The lowest BCUT2D eigenvalue weighted by molar-refractivity contribution is 1.26. The molecule has 0 saturated carbocycles. The van der Waals surface area contributed by atoms with E-state index in [-0.39, 0.29) is 0 Å². The van der Waals surface area contributed by atoms with Gasteiger partial charge < -0.3 is 4.90 Å². The highest BCUT2D eigenvalue weighted by molar-refractivity contribution is 6.26. The van der Waals surface area contributed by atoms with Gasteiger partial charge in [0, 0.05) is 22.8 Å². The Labute approximate surface area is 209 Å². The van der Waals surface area contributed by atoms with Crippen LogP contribution in [0.25, 0.3) is 54.3 Å². The van der Waals surface area contributed by atoms with Crippen LogP contribution < -0.4 is 4.90 Å². The lowest BCUT2D eigenvalue weighted by atomic mass is 9.89. The molecular weight excluding hydrogens is 436 g/mol. The largest absolute Gasteiger partial charge is 0.309 e. The average molecular weight is 459 g/mol. The van der Waals surface area contributed by atoms with E-state index in [0.717, 1.165) is 11.4 Å². The van der Waals surface area contributed by atoms with E-state index in [1.54, 1.807) is 0 Å². The molecule has 0 amide bonds. The molecule has 0 aliphatic carbocycles. The van der Waals surface area contributed by atoms with Gasteiger partial charge in [0.15, 0.2) is 0 Å². The van der Waals surface area contributed by atoms with Gasteiger partial charge in [0.25, 0.3) is 0 Å². The molecule has 36 heavy (non-hydrogen) atoms. The van der Waals surface area contributed by atoms with Crippen molar-refractivity contribution in [1.82, 2.24) is 4.98 Å². The van der Waals surface area contributed by atoms with Crippen LogP contribution in [-0.2, 0) is 0 Å². The van der Waals surface area contributed by atoms with Gasteiger partial charge in [-0.25, -0.2) is 0 Å². The highest BCUT2D eigenvalue weighted by Gasteiger charge is 2.28. The van der Waals surface area contributed by atoms with Gasteiger partial charge in [-0.1, -0.05) is 78.4 Å². The van der Waals surface area contributed by atoms with Crippen molar-refractivity contribution >= 4 is 60.2 Å². The van der Waals surface area contributed by atoms with Crippen molar-refractivity contribution < 1.29 is 0 Å². The number of aromatic nitrogens is 1. The fourth-order valence-electron chi connectivity index (χ4n) is 5.97. The Balaban J connectivity index is 1.60. The number of fused-ring (bicyclic) bond motifs is 7. The highest BCUT2D eigenvalue weighted by Crippen LogP contribution is 2.53. The minimum absolute atomic E-state index is 1.06. The van der Waals surface area contributed by atoms with Crippen molar-refractivity contribution in [1.29, 1.82) is 0 Å². The van der Waals surface area contributed by atoms with E-state index in [4.69, 9.17) is 4.98 Å². The molecule has 0 spiro atoms. The van der Waals surface area contributed by atoms with Crippen LogP contribution in [0.15, 0.2) is 115 Å². The molecule has 168 valence electrons. The smallest absolute Gasteiger partial charge is 0.0822 e. The molecule has 0 N–H and O–H groups in total. The molecule has 0 fully saturated rings. The molecule has 1 aromatic heterocycles. The van der Waals surface area contributed by atoms with E-state index in [0.29, 0.717) is 0 Å². The zero-order valence-corrected chi connectivity index (χ0v) is 19.9. The van der Waals surface area contributed by atoms with Crippen molar-refractivity contribution in [3.8, 4) is 11.3 Å². The van der Waals surface area contributed by atoms with E-state index >= 15 is 0 Å². The molecule has 2 heterocycles. The predicted octanol–water partition coefficient (Wildman–Crippen LogP) is 9.45. The summed E-state index contributed by atoms with van der Waals surface area (Å²) in [5.41, 5.74) is 7.01. The Bertz CT molecular complexity index is 2000. The fourth-order valence-corrected chi connectivity index (χ4v) is 5.97. The molecule has 0 atom stereocenters. The van der Waals surface area contributed by atoms with E-state index in [1.165, 1.54) is 65.6 Å². The molecule has 0 saturated heterocycles. The lowest BCUT2D eigenvalue weighted by Crippen LogP contribution is -2.15. The van der Waals surface area contributed by atoms with Crippen LogP contribution in [0.2, 0.25) is 0 Å². The summed E-state index contributed by atoms with van der Waals surface area (Å²) in [6.45, 7) is 2.17. The number of rotatable bonds is 1. The van der Waals surface area contributed by atoms with Crippen molar-refractivity contribution in [2.24, 2.45) is 0 Å². The number of hydrogen-bond donors (Lipinski definition) is 0. The fraction of sp³-hybridized carbons (Fsp3) is 0.0294. The van der Waals surface area contributed by atoms with E-state index < -0.39 is 0 Å². The monoisotopic (exact) mass is 458 g/mol. The minimum atomic E-state index is 1.06. The number of aryl methyl sites for hydroxylation is 1. The quantitative estimate of drug-likeness (QED) is 0.228. The van der Waals surface area contributed by atoms with Crippen LogP contribution in [0.5, 0.6) is 0 Å². The summed E-state index contributed by atoms with van der Waals surface area (Å²) in [6.07, 6.45) is 1.97. The number of anilines is 3. The second-order valence-corrected chi connectivity index (χ2v) is 9.75. The first-order chi connectivity index (χ1) is 17.8. The van der Waals surface area contributed by atoms with Crippen LogP contribution in [0.1, 0.15) is 5.56 Å². The number of benzene rings is 6. The molecule has 7 aromatic rings. The van der Waals surface area contributed by atoms with Crippen molar-refractivity contribution in [2.45, 2.75) is 6.92 Å². The second kappa shape index (κ2) is 7.16. The number of hydrogen-bond acceptors (Lipinski definition) is 2. The Morgan fingerprint density at radius 2 is 1.33 bits per heavy atom. The summed E-state index contributed by atoms with van der Waals surface area (Å²) in [6, 6.07) is 39.8. The van der Waals surface area contributed by atoms with Crippen molar-refractivity contribution in [2.75, 3.05) is 4.90 Å². The zero-order chi connectivity index (χ0) is 23.8. The van der Waals surface area contributed by atoms with E-state index in [1.807, 2.05) is 6.20 Å². The Morgan fingerprint density at radius 3 is 2.19 bits per heavy atom. The maximum atomic E-state index is 4.97. The molecule has 1 aliphatic rings. The van der Waals surface area contributed by atoms with Crippen LogP contribution in [0.3, 0.4) is 0 Å². The van der Waals surface area contributed by atoms with Gasteiger partial charge in [-0.2, -0.15) is 0 Å². The third-order valence-electron chi connectivity index (χ3n) is 7.61. The van der Waals surface area contributed by atoms with Crippen molar-refractivity contribution in [3.05, 3.63) is 121 Å². The zero-order valence-electron chi connectivity index (χ0n) is 19.9. The molecule has 2 nitrogen and oxygen atoms in total. The van der Waals surface area contributed by atoms with Crippen LogP contribution in [-0.4, -0.2) is 4.98 Å². The number of para-hydroxylation sites is 1. The third-order valence-corrected chi connectivity index (χ3v) is 7.61. The summed E-state index contributed by atoms with van der Waals surface area (Å²) < 4.78 is 0. The summed E-state index contributed by atoms with van der Waals surface area (Å²) in [4.78, 5) is 7.39. The number of nitrogens with zero attached hydrogens (tertiary/aromatic N) is 2. The van der Waals surface area contributed by atoms with Gasteiger partial charge >= 0.3 is 0 Å². The molecule has 0 bridgehead atoms. The predicted molar refractivity (Wildman–Crippen MR) is 153 cm³/mol. The molecule has 1 aliphatic heterocycles. The van der Waals surface area contributed by atoms with Gasteiger partial charge in [-0.05, 0) is 81.0 Å². The Hall–Kier alpha value is -4.69. The standard InChI is InChI=1S/C34H22N2/c1-21-11-12-22-13-14-26-27-15-16-35-34-30-18-23-7-5-6-8-24(23)19-31(30)36(25-9-3-2-4-10-25)32(33(27)34)20-29(26)28(22)17-21/h2-20H,1H3. The SMILES string of the molecule is Cc1ccc2ccc3c4ccnc5c4c(cc3c2c1)N(c1ccccc1)c1cc2ccccc2cc1-5. The Kier molecular flexibility index (Phi) is 3.90. The first kappa shape index (κ1) is 19.6. The molecule has 8 rings (SSSR count). The van der Waals surface area contributed by atoms with E-state index in [9.17, 15) is 0 Å². The second-order valence-electron chi connectivity index (χ2n) is 9.75. The topological polar surface area (TPSA) is 16.1 Å². The van der Waals surface area contributed by atoms with Gasteiger partial charge in [-0.15, -0.1) is 0 Å². The van der Waals surface area contributed by atoms with Crippen LogP contribution >= 0.6 is 0 Å². The lowest BCUT2D eigenvalue weighted by Gasteiger charge is -2.34. The third kappa shape index (κ3) is 2.64. The molecule has 2 heteroatoms. The summed E-state index contributed by atoms with van der Waals surface area (Å²) in [5.74, 6) is 0. The maximum absolute atomic E-state index is 4.97. The molecule has 0 radical (unpaired) electrons. The van der Waals surface area contributed by atoms with E-state index in [2.05, 4.69) is 121 Å². The summed E-state index contributed by atoms with van der Waals surface area (Å²) in [7, 11) is 0. The molecule has 6 aromatic carbocycles. The van der Waals surface area contributed by atoms with Gasteiger partial charge in [0.2, 0.25) is 0 Å². The summed E-state index contributed by atoms with van der Waals surface area (Å²) >= 11 is 0. The van der Waals surface area contributed by atoms with Crippen LogP contribution in [0, 0.1) is 6.92 Å².